The summed E-state index contributed by atoms with van der Waals surface area (Å²) >= 11 is 0.796. The van der Waals surface area contributed by atoms with Gasteiger partial charge in [0.1, 0.15) is 0 Å². The maximum absolute atomic E-state index is 11.6. The number of carbonyl (C=O) groups excluding carboxylic acids is 2. The highest BCUT2D eigenvalue weighted by Gasteiger charge is 2.24. The number of benzene rings is 2. The Hall–Kier alpha value is -3.47. The fraction of sp³-hybridized carbons (Fsp3) is 0.125. The van der Waals surface area contributed by atoms with Crippen LogP contribution in [0.4, 0.5) is 11.4 Å². The Morgan fingerprint density at radius 1 is 0.815 bits per heavy atom. The highest BCUT2D eigenvalue weighted by molar-refractivity contribution is 7.99. The molecule has 2 N–H and O–H groups in total. The van der Waals surface area contributed by atoms with Crippen molar-refractivity contribution in [3.63, 3.8) is 0 Å². The number of phenolic OH excluding ortho intramolecular Hbond substituents is 2. The molecule has 0 spiro atoms. The lowest BCUT2D eigenvalue weighted by Gasteiger charge is -2.09. The first-order chi connectivity index (χ1) is 12.5. The summed E-state index contributed by atoms with van der Waals surface area (Å²) in [5.74, 6) is -2.78. The van der Waals surface area contributed by atoms with Crippen LogP contribution in [0.1, 0.15) is 34.6 Å². The Balaban J connectivity index is 2.63. The minimum atomic E-state index is -0.869. The molecule has 0 aliphatic rings. The predicted octanol–water partition coefficient (Wildman–Crippen LogP) is 3.47. The van der Waals surface area contributed by atoms with Crippen LogP contribution < -0.4 is 0 Å². The van der Waals surface area contributed by atoms with E-state index in [4.69, 9.17) is 0 Å². The first kappa shape index (κ1) is 19.8. The Kier molecular flexibility index (Phi) is 5.45. The zero-order valence-corrected chi connectivity index (χ0v) is 14.8. The van der Waals surface area contributed by atoms with Gasteiger partial charge in [-0.25, -0.2) is 0 Å². The van der Waals surface area contributed by atoms with Crippen LogP contribution in [0.5, 0.6) is 11.5 Å². The van der Waals surface area contributed by atoms with Gasteiger partial charge in [-0.15, -0.1) is 0 Å². The number of hydrogen-bond acceptors (Lipinski definition) is 9. The van der Waals surface area contributed by atoms with E-state index < -0.39 is 44.3 Å². The summed E-state index contributed by atoms with van der Waals surface area (Å²) < 4.78 is 0. The number of rotatable bonds is 6. The average Bonchev–Trinajstić information content (AvgIpc) is 2.56. The summed E-state index contributed by atoms with van der Waals surface area (Å²) in [5.41, 5.74) is -1.98. The van der Waals surface area contributed by atoms with Crippen LogP contribution in [0.3, 0.4) is 0 Å². The van der Waals surface area contributed by atoms with Crippen molar-refractivity contribution in [2.45, 2.75) is 23.6 Å². The summed E-state index contributed by atoms with van der Waals surface area (Å²) in [6.45, 7) is 2.24. The number of phenols is 2. The molecule has 0 aliphatic carbocycles. The molecule has 0 saturated heterocycles. The third kappa shape index (κ3) is 4.03. The summed E-state index contributed by atoms with van der Waals surface area (Å²) in [6.07, 6.45) is 0. The summed E-state index contributed by atoms with van der Waals surface area (Å²) in [5, 5.41) is 41.9. The molecule has 0 aliphatic heterocycles. The standard InChI is InChI=1S/C16H12N2O8S/c1-7(19)11-3-9(5-13(15(11)21)17(23)24)27-10-4-12(8(2)20)16(22)14(6-10)18(25)26/h3-6,21-22H,1-2H3. The number of nitro benzene ring substituents is 2. The van der Waals surface area contributed by atoms with Crippen LogP contribution in [0.2, 0.25) is 0 Å². The Morgan fingerprint density at radius 3 is 1.41 bits per heavy atom. The molecule has 0 amide bonds. The molecule has 2 aromatic rings. The van der Waals surface area contributed by atoms with Crippen LogP contribution in [0, 0.1) is 20.2 Å². The highest BCUT2D eigenvalue weighted by atomic mass is 32.2. The summed E-state index contributed by atoms with van der Waals surface area (Å²) in [6, 6.07) is 4.39. The van der Waals surface area contributed by atoms with E-state index in [1.807, 2.05) is 0 Å². The van der Waals surface area contributed by atoms with E-state index in [0.717, 1.165) is 37.7 Å². The summed E-state index contributed by atoms with van der Waals surface area (Å²) in [7, 11) is 0. The van der Waals surface area contributed by atoms with E-state index in [1.165, 1.54) is 12.1 Å². The number of Topliss-reactive ketones (excluding diaryl/α,β-unsaturated/α-hetero) is 2. The average molecular weight is 392 g/mol. The van der Waals surface area contributed by atoms with E-state index in [0.29, 0.717) is 0 Å². The SMILES string of the molecule is CC(=O)c1cc(Sc2cc(C(C)=O)c(O)c([N+](=O)[O-])c2)cc([N+](=O)[O-])c1O. The van der Waals surface area contributed by atoms with E-state index in [-0.39, 0.29) is 20.9 Å². The number of carbonyl (C=O) groups is 2. The normalized spacial score (nSPS) is 10.4. The van der Waals surface area contributed by atoms with Crippen molar-refractivity contribution in [2.24, 2.45) is 0 Å². The summed E-state index contributed by atoms with van der Waals surface area (Å²) in [4.78, 5) is 44.0. The molecule has 0 heterocycles. The van der Waals surface area contributed by atoms with E-state index in [2.05, 4.69) is 0 Å². The lowest BCUT2D eigenvalue weighted by atomic mass is 10.1. The molecule has 2 aromatic carbocycles. The molecule has 0 unspecified atom stereocenters. The molecular formula is C16H12N2O8S. The van der Waals surface area contributed by atoms with Crippen molar-refractivity contribution >= 4 is 34.7 Å². The Morgan fingerprint density at radius 2 is 1.15 bits per heavy atom. The molecule has 10 nitrogen and oxygen atoms in total. The van der Waals surface area contributed by atoms with Crippen molar-refractivity contribution in [1.29, 1.82) is 0 Å². The lowest BCUT2D eigenvalue weighted by Crippen LogP contribution is -1.99. The van der Waals surface area contributed by atoms with Gasteiger partial charge < -0.3 is 10.2 Å². The molecule has 0 saturated carbocycles. The monoisotopic (exact) mass is 392 g/mol. The van der Waals surface area contributed by atoms with Crippen LogP contribution in [0.25, 0.3) is 0 Å². The van der Waals surface area contributed by atoms with E-state index >= 15 is 0 Å². The van der Waals surface area contributed by atoms with Gasteiger partial charge in [0.05, 0.1) is 21.0 Å². The smallest absolute Gasteiger partial charge is 0.312 e. The van der Waals surface area contributed by atoms with Gasteiger partial charge in [-0.05, 0) is 26.0 Å². The quantitative estimate of drug-likeness (QED) is 0.426. The third-order valence-corrected chi connectivity index (χ3v) is 4.46. The van der Waals surface area contributed by atoms with Crippen molar-refractivity contribution in [2.75, 3.05) is 0 Å². The minimum Gasteiger partial charge on any atom is -0.502 e. The topological polar surface area (TPSA) is 161 Å². The largest absolute Gasteiger partial charge is 0.502 e. The van der Waals surface area contributed by atoms with Crippen LogP contribution in [0.15, 0.2) is 34.1 Å². The second kappa shape index (κ2) is 7.41. The number of nitro groups is 2. The molecule has 2 rings (SSSR count). The number of ketones is 2. The maximum Gasteiger partial charge on any atom is 0.312 e. The fourth-order valence-corrected chi connectivity index (χ4v) is 3.22. The third-order valence-electron chi connectivity index (χ3n) is 3.51. The Bertz CT molecular complexity index is 852. The van der Waals surface area contributed by atoms with Gasteiger partial charge in [0.15, 0.2) is 11.6 Å². The predicted molar refractivity (Wildman–Crippen MR) is 93.7 cm³/mol. The van der Waals surface area contributed by atoms with Crippen LogP contribution in [-0.4, -0.2) is 31.6 Å². The lowest BCUT2D eigenvalue weighted by molar-refractivity contribution is -0.386. The molecule has 0 fully saturated rings. The van der Waals surface area contributed by atoms with Gasteiger partial charge in [0, 0.05) is 21.9 Å². The van der Waals surface area contributed by atoms with Crippen molar-refractivity contribution in [3.05, 3.63) is 55.6 Å². The zero-order valence-electron chi connectivity index (χ0n) is 14.0. The number of hydrogen-bond donors (Lipinski definition) is 2. The molecule has 27 heavy (non-hydrogen) atoms. The molecule has 0 bridgehead atoms. The van der Waals surface area contributed by atoms with Gasteiger partial charge in [0.25, 0.3) is 0 Å². The molecular weight excluding hydrogens is 380 g/mol. The second-order valence-electron chi connectivity index (χ2n) is 5.41. The van der Waals surface area contributed by atoms with Gasteiger partial charge in [-0.3, -0.25) is 29.8 Å². The highest BCUT2D eigenvalue weighted by Crippen LogP contribution is 2.41. The van der Waals surface area contributed by atoms with Crippen molar-refractivity contribution < 1.29 is 29.6 Å². The zero-order chi connectivity index (χ0) is 20.5. The molecule has 0 radical (unpaired) electrons. The molecule has 11 heteroatoms. The van der Waals surface area contributed by atoms with Gasteiger partial charge >= 0.3 is 11.4 Å². The molecule has 0 aromatic heterocycles. The minimum absolute atomic E-state index is 0.138. The maximum atomic E-state index is 11.6. The number of aromatic hydroxyl groups is 2. The second-order valence-corrected chi connectivity index (χ2v) is 6.55. The van der Waals surface area contributed by atoms with Gasteiger partial charge in [0.2, 0.25) is 11.5 Å². The first-order valence-electron chi connectivity index (χ1n) is 7.25. The molecule has 0 atom stereocenters. The van der Waals surface area contributed by atoms with E-state index in [9.17, 15) is 40.0 Å². The molecule has 140 valence electrons. The van der Waals surface area contributed by atoms with Crippen LogP contribution in [-0.2, 0) is 0 Å². The van der Waals surface area contributed by atoms with Crippen LogP contribution >= 0.6 is 11.8 Å². The van der Waals surface area contributed by atoms with Crippen molar-refractivity contribution in [3.8, 4) is 11.5 Å². The number of nitrogens with zero attached hydrogens (tertiary/aromatic N) is 2. The Labute approximate surface area is 155 Å². The first-order valence-corrected chi connectivity index (χ1v) is 8.07. The van der Waals surface area contributed by atoms with Gasteiger partial charge in [-0.2, -0.15) is 0 Å². The van der Waals surface area contributed by atoms with E-state index in [1.54, 1.807) is 0 Å². The van der Waals surface area contributed by atoms with Gasteiger partial charge in [-0.1, -0.05) is 11.8 Å². The fourth-order valence-electron chi connectivity index (χ4n) is 2.26. The van der Waals surface area contributed by atoms with Crippen molar-refractivity contribution in [1.82, 2.24) is 0 Å².